The number of rotatable bonds is 3. The zero-order valence-electron chi connectivity index (χ0n) is 17.8. The molecule has 1 atom stereocenters. The topological polar surface area (TPSA) is 52.9 Å². The van der Waals surface area contributed by atoms with Crippen LogP contribution < -0.4 is 14.2 Å². The quantitative estimate of drug-likeness (QED) is 0.579. The summed E-state index contributed by atoms with van der Waals surface area (Å²) in [6.07, 6.45) is -2.72. The monoisotopic (exact) mass is 458 g/mol. The first-order valence-electron chi connectivity index (χ1n) is 10.5. The minimum Gasteiger partial charge on any atom is -0.496 e. The van der Waals surface area contributed by atoms with Gasteiger partial charge in [0.15, 0.2) is 11.5 Å². The summed E-state index contributed by atoms with van der Waals surface area (Å²) in [4.78, 5) is 15.1. The third kappa shape index (κ3) is 3.77. The number of aromatic nitrogens is 1. The fraction of sp³-hybridized carbons (Fsp3) is 0.292. The molecule has 0 saturated heterocycles. The molecule has 0 fully saturated rings. The summed E-state index contributed by atoms with van der Waals surface area (Å²) in [6.45, 7) is 1.76. The summed E-state index contributed by atoms with van der Waals surface area (Å²) in [5.41, 5.74) is 0.630. The van der Waals surface area contributed by atoms with Crippen molar-refractivity contribution in [1.82, 2.24) is 9.47 Å². The Labute approximate surface area is 188 Å². The second-order valence-corrected chi connectivity index (χ2v) is 7.84. The highest BCUT2D eigenvalue weighted by Crippen LogP contribution is 2.40. The second-order valence-electron chi connectivity index (χ2n) is 7.84. The Morgan fingerprint density at radius 2 is 1.82 bits per heavy atom. The number of carbonyl (C=O) groups is 1. The lowest BCUT2D eigenvalue weighted by Gasteiger charge is -2.38. The van der Waals surface area contributed by atoms with Gasteiger partial charge in [0.25, 0.3) is 5.91 Å². The van der Waals surface area contributed by atoms with Crippen LogP contribution in [-0.4, -0.2) is 42.2 Å². The SMILES string of the molecule is COc1ccc(C(=O)N2CCn3cccc3[C@H]2c2ccc3c(c2)OCCO3)cc1C(F)(F)F. The molecule has 172 valence electrons. The van der Waals surface area contributed by atoms with Crippen molar-refractivity contribution in [2.24, 2.45) is 0 Å². The van der Waals surface area contributed by atoms with Crippen LogP contribution in [0, 0.1) is 0 Å². The first-order valence-corrected chi connectivity index (χ1v) is 10.5. The fourth-order valence-corrected chi connectivity index (χ4v) is 4.41. The van der Waals surface area contributed by atoms with Crippen LogP contribution in [0.1, 0.15) is 33.2 Å². The van der Waals surface area contributed by atoms with Gasteiger partial charge in [-0.25, -0.2) is 0 Å². The molecule has 0 bridgehead atoms. The van der Waals surface area contributed by atoms with Gasteiger partial charge in [-0.15, -0.1) is 0 Å². The van der Waals surface area contributed by atoms with E-state index in [1.165, 1.54) is 19.2 Å². The minimum atomic E-state index is -4.65. The standard InChI is InChI=1S/C24H21F3N2O4/c1-31-19-6-5-16(13-17(19)24(25,26)27)23(30)29-10-9-28-8-2-3-18(28)22(29)15-4-7-20-21(14-15)33-12-11-32-20/h2-8,13-14,22H,9-12H2,1H3/t22-/m1/s1. The van der Waals surface area contributed by atoms with Crippen LogP contribution in [0.15, 0.2) is 54.7 Å². The number of hydrogen-bond donors (Lipinski definition) is 0. The molecule has 6 nitrogen and oxygen atoms in total. The second kappa shape index (κ2) is 8.06. The maximum absolute atomic E-state index is 13.5. The molecule has 3 aromatic rings. The number of fused-ring (bicyclic) bond motifs is 2. The average Bonchev–Trinajstić information content (AvgIpc) is 3.30. The van der Waals surface area contributed by atoms with Crippen LogP contribution in [0.5, 0.6) is 17.2 Å². The summed E-state index contributed by atoms with van der Waals surface area (Å²) >= 11 is 0. The average molecular weight is 458 g/mol. The number of amides is 1. The highest BCUT2D eigenvalue weighted by atomic mass is 19.4. The van der Waals surface area contributed by atoms with E-state index in [-0.39, 0.29) is 11.3 Å². The van der Waals surface area contributed by atoms with E-state index >= 15 is 0 Å². The molecule has 0 radical (unpaired) electrons. The molecule has 0 unspecified atom stereocenters. The van der Waals surface area contributed by atoms with Crippen molar-refractivity contribution in [3.8, 4) is 17.2 Å². The van der Waals surface area contributed by atoms with Crippen molar-refractivity contribution in [2.75, 3.05) is 26.9 Å². The molecule has 2 aromatic carbocycles. The van der Waals surface area contributed by atoms with Crippen LogP contribution in [0.25, 0.3) is 0 Å². The normalized spacial score (nSPS) is 17.5. The summed E-state index contributed by atoms with van der Waals surface area (Å²) in [5.74, 6) is 0.392. The predicted molar refractivity (Wildman–Crippen MR) is 113 cm³/mol. The van der Waals surface area contributed by atoms with Gasteiger partial charge in [0, 0.05) is 30.5 Å². The van der Waals surface area contributed by atoms with Crippen molar-refractivity contribution in [2.45, 2.75) is 18.8 Å². The molecule has 1 amide bonds. The first kappa shape index (κ1) is 21.2. The summed E-state index contributed by atoms with van der Waals surface area (Å²) in [5, 5.41) is 0. The van der Waals surface area contributed by atoms with E-state index in [1.54, 1.807) is 11.0 Å². The molecule has 2 aliphatic heterocycles. The third-order valence-corrected chi connectivity index (χ3v) is 5.93. The van der Waals surface area contributed by atoms with Crippen molar-refractivity contribution in [1.29, 1.82) is 0 Å². The number of carbonyl (C=O) groups excluding carboxylic acids is 1. The van der Waals surface area contributed by atoms with Gasteiger partial charge in [-0.1, -0.05) is 6.07 Å². The minimum absolute atomic E-state index is 0.0503. The van der Waals surface area contributed by atoms with Gasteiger partial charge in [0.2, 0.25) is 0 Å². The number of benzene rings is 2. The lowest BCUT2D eigenvalue weighted by Crippen LogP contribution is -2.42. The molecular weight excluding hydrogens is 437 g/mol. The molecule has 9 heteroatoms. The van der Waals surface area contributed by atoms with E-state index in [1.807, 2.05) is 35.0 Å². The largest absolute Gasteiger partial charge is 0.496 e. The Bertz CT molecular complexity index is 1200. The molecule has 3 heterocycles. The van der Waals surface area contributed by atoms with Gasteiger partial charge in [0.1, 0.15) is 19.0 Å². The van der Waals surface area contributed by atoms with Crippen molar-refractivity contribution >= 4 is 5.91 Å². The first-order chi connectivity index (χ1) is 15.9. The molecule has 0 spiro atoms. The number of ether oxygens (including phenoxy) is 3. The number of alkyl halides is 3. The highest BCUT2D eigenvalue weighted by Gasteiger charge is 2.37. The zero-order valence-corrected chi connectivity index (χ0v) is 17.8. The molecular formula is C24H21F3N2O4. The van der Waals surface area contributed by atoms with Crippen molar-refractivity contribution < 1.29 is 32.2 Å². The summed E-state index contributed by atoms with van der Waals surface area (Å²) in [6, 6.07) is 12.2. The highest BCUT2D eigenvalue weighted by molar-refractivity contribution is 5.95. The number of nitrogens with zero attached hydrogens (tertiary/aromatic N) is 2. The number of halogens is 3. The van der Waals surface area contributed by atoms with Gasteiger partial charge in [-0.3, -0.25) is 4.79 Å². The predicted octanol–water partition coefficient (Wildman–Crippen LogP) is 4.53. The van der Waals surface area contributed by atoms with Gasteiger partial charge in [0.05, 0.1) is 18.7 Å². The third-order valence-electron chi connectivity index (χ3n) is 5.93. The molecule has 33 heavy (non-hydrogen) atoms. The van der Waals surface area contributed by atoms with Crippen LogP contribution in [0.4, 0.5) is 13.2 Å². The Morgan fingerprint density at radius 3 is 2.58 bits per heavy atom. The maximum Gasteiger partial charge on any atom is 0.419 e. The molecule has 0 aliphatic carbocycles. The molecule has 5 rings (SSSR count). The number of methoxy groups -OCH3 is 1. The van der Waals surface area contributed by atoms with E-state index in [4.69, 9.17) is 14.2 Å². The Kier molecular flexibility index (Phi) is 5.19. The van der Waals surface area contributed by atoms with Gasteiger partial charge in [-0.05, 0) is 48.0 Å². The molecule has 1 aromatic heterocycles. The fourth-order valence-electron chi connectivity index (χ4n) is 4.41. The smallest absolute Gasteiger partial charge is 0.419 e. The Hall–Kier alpha value is -3.62. The van der Waals surface area contributed by atoms with Crippen LogP contribution in [0.3, 0.4) is 0 Å². The number of hydrogen-bond acceptors (Lipinski definition) is 4. The Balaban J connectivity index is 1.56. The molecule has 0 N–H and O–H groups in total. The lowest BCUT2D eigenvalue weighted by atomic mass is 9.97. The van der Waals surface area contributed by atoms with Crippen LogP contribution in [-0.2, 0) is 12.7 Å². The Morgan fingerprint density at radius 1 is 1.03 bits per heavy atom. The lowest BCUT2D eigenvalue weighted by molar-refractivity contribution is -0.138. The van der Waals surface area contributed by atoms with E-state index in [0.29, 0.717) is 37.8 Å². The van der Waals surface area contributed by atoms with E-state index < -0.39 is 23.7 Å². The van der Waals surface area contributed by atoms with E-state index in [2.05, 4.69) is 0 Å². The maximum atomic E-state index is 13.5. The van der Waals surface area contributed by atoms with Crippen LogP contribution in [0.2, 0.25) is 0 Å². The van der Waals surface area contributed by atoms with Gasteiger partial charge < -0.3 is 23.7 Å². The zero-order chi connectivity index (χ0) is 23.2. The molecule has 2 aliphatic rings. The summed E-state index contributed by atoms with van der Waals surface area (Å²) < 4.78 is 58.8. The molecule has 0 saturated carbocycles. The van der Waals surface area contributed by atoms with E-state index in [0.717, 1.165) is 17.3 Å². The van der Waals surface area contributed by atoms with Crippen molar-refractivity contribution in [3.63, 3.8) is 0 Å². The van der Waals surface area contributed by atoms with Crippen molar-refractivity contribution in [3.05, 3.63) is 77.1 Å². The van der Waals surface area contributed by atoms with Gasteiger partial charge in [-0.2, -0.15) is 13.2 Å². The van der Waals surface area contributed by atoms with E-state index in [9.17, 15) is 18.0 Å². The summed E-state index contributed by atoms with van der Waals surface area (Å²) in [7, 11) is 1.17. The van der Waals surface area contributed by atoms with Crippen LogP contribution >= 0.6 is 0 Å². The van der Waals surface area contributed by atoms with Gasteiger partial charge >= 0.3 is 6.18 Å².